The highest BCUT2D eigenvalue weighted by molar-refractivity contribution is 7.89. The summed E-state index contributed by atoms with van der Waals surface area (Å²) in [6, 6.07) is 11.4. The lowest BCUT2D eigenvalue weighted by molar-refractivity contribution is 0.0657. The van der Waals surface area contributed by atoms with Gasteiger partial charge >= 0.3 is 0 Å². The molecule has 0 fully saturated rings. The van der Waals surface area contributed by atoms with Crippen molar-refractivity contribution in [3.63, 3.8) is 0 Å². The highest BCUT2D eigenvalue weighted by atomic mass is 32.2. The summed E-state index contributed by atoms with van der Waals surface area (Å²) in [5, 5.41) is 2.72. The zero-order valence-electron chi connectivity index (χ0n) is 16.7. The van der Waals surface area contributed by atoms with E-state index in [4.69, 9.17) is 9.47 Å². The minimum atomic E-state index is -3.63. The Bertz CT molecular complexity index is 922. The summed E-state index contributed by atoms with van der Waals surface area (Å²) < 4.78 is 36.6. The van der Waals surface area contributed by atoms with Gasteiger partial charge in [0.05, 0.1) is 30.4 Å². The zero-order valence-corrected chi connectivity index (χ0v) is 17.5. The Labute approximate surface area is 166 Å². The number of nitrogens with one attached hydrogen (secondary N) is 1. The van der Waals surface area contributed by atoms with Crippen LogP contribution in [0.4, 0.5) is 5.69 Å². The molecule has 28 heavy (non-hydrogen) atoms. The summed E-state index contributed by atoms with van der Waals surface area (Å²) in [4.78, 5) is 12.7. The summed E-state index contributed by atoms with van der Waals surface area (Å²) in [5.74, 6) is 0.00189. The Morgan fingerprint density at radius 3 is 2.29 bits per heavy atom. The molecule has 0 aromatic heterocycles. The van der Waals surface area contributed by atoms with Gasteiger partial charge in [0.1, 0.15) is 5.75 Å². The lowest BCUT2D eigenvalue weighted by atomic mass is 10.1. The number of carbonyl (C=O) groups is 1. The molecular formula is C20H26N2O5S. The molecule has 2 aromatic rings. The lowest BCUT2D eigenvalue weighted by Crippen LogP contribution is -2.22. The van der Waals surface area contributed by atoms with E-state index in [0.717, 1.165) is 9.87 Å². The van der Waals surface area contributed by atoms with Crippen LogP contribution in [0.15, 0.2) is 47.4 Å². The molecule has 0 atom stereocenters. The minimum absolute atomic E-state index is 0.0646. The van der Waals surface area contributed by atoms with Gasteiger partial charge in [-0.05, 0) is 49.7 Å². The summed E-state index contributed by atoms with van der Waals surface area (Å²) in [6.45, 7) is 4.39. The predicted octanol–water partition coefficient (Wildman–Crippen LogP) is 3.12. The highest BCUT2D eigenvalue weighted by Crippen LogP contribution is 2.29. The third kappa shape index (κ3) is 5.31. The number of hydrogen-bond acceptors (Lipinski definition) is 5. The normalized spacial score (nSPS) is 11.7. The van der Waals surface area contributed by atoms with Gasteiger partial charge in [0.15, 0.2) is 0 Å². The van der Waals surface area contributed by atoms with Crippen LogP contribution < -0.4 is 10.1 Å². The number of benzene rings is 2. The van der Waals surface area contributed by atoms with E-state index in [0.29, 0.717) is 17.9 Å². The van der Waals surface area contributed by atoms with Crippen LogP contribution in [0.25, 0.3) is 0 Å². The van der Waals surface area contributed by atoms with Crippen LogP contribution in [0.1, 0.15) is 29.8 Å². The van der Waals surface area contributed by atoms with Crippen LogP contribution in [-0.4, -0.2) is 45.9 Å². The molecule has 0 aliphatic heterocycles. The Morgan fingerprint density at radius 2 is 1.75 bits per heavy atom. The van der Waals surface area contributed by atoms with Crippen LogP contribution >= 0.6 is 0 Å². The largest absolute Gasteiger partial charge is 0.495 e. The smallest absolute Gasteiger partial charge is 0.255 e. The quantitative estimate of drug-likeness (QED) is 0.728. The Morgan fingerprint density at radius 1 is 1.11 bits per heavy atom. The maximum absolute atomic E-state index is 12.6. The van der Waals surface area contributed by atoms with E-state index < -0.39 is 10.0 Å². The number of ether oxygens (including phenoxy) is 2. The second-order valence-electron chi connectivity index (χ2n) is 6.66. The highest BCUT2D eigenvalue weighted by Gasteiger charge is 2.20. The van der Waals surface area contributed by atoms with Crippen LogP contribution in [0.2, 0.25) is 0 Å². The molecule has 1 amide bonds. The molecule has 0 heterocycles. The predicted molar refractivity (Wildman–Crippen MR) is 108 cm³/mol. The van der Waals surface area contributed by atoms with Crippen molar-refractivity contribution in [2.45, 2.75) is 31.5 Å². The fraction of sp³-hybridized carbons (Fsp3) is 0.350. The minimum Gasteiger partial charge on any atom is -0.495 e. The average molecular weight is 407 g/mol. The number of hydrogen-bond donors (Lipinski definition) is 1. The van der Waals surface area contributed by atoms with Gasteiger partial charge in [-0.15, -0.1) is 0 Å². The molecule has 0 unspecified atom stereocenters. The molecule has 0 spiro atoms. The van der Waals surface area contributed by atoms with Crippen molar-refractivity contribution in [1.82, 2.24) is 4.31 Å². The van der Waals surface area contributed by atoms with Crippen LogP contribution in [0.5, 0.6) is 5.75 Å². The van der Waals surface area contributed by atoms with Crippen molar-refractivity contribution in [3.05, 3.63) is 53.6 Å². The number of methoxy groups -OCH3 is 1. The SMILES string of the molecule is COc1ccc(S(=O)(=O)N(C)C)cc1NC(=O)c1ccc(COC(C)C)cc1. The maximum atomic E-state index is 12.6. The zero-order chi connectivity index (χ0) is 20.9. The lowest BCUT2D eigenvalue weighted by Gasteiger charge is -2.15. The van der Waals surface area contributed by atoms with E-state index in [-0.39, 0.29) is 22.6 Å². The summed E-state index contributed by atoms with van der Waals surface area (Å²) in [5.41, 5.74) is 1.68. The van der Waals surface area contributed by atoms with Gasteiger partial charge < -0.3 is 14.8 Å². The molecule has 2 aromatic carbocycles. The van der Waals surface area contributed by atoms with Crippen LogP contribution in [0.3, 0.4) is 0 Å². The monoisotopic (exact) mass is 406 g/mol. The molecule has 0 aliphatic carbocycles. The van der Waals surface area contributed by atoms with Crippen molar-refractivity contribution in [3.8, 4) is 5.75 Å². The fourth-order valence-corrected chi connectivity index (χ4v) is 3.29. The van der Waals surface area contributed by atoms with Gasteiger partial charge in [-0.2, -0.15) is 0 Å². The van der Waals surface area contributed by atoms with E-state index in [1.165, 1.54) is 39.4 Å². The number of nitrogens with zero attached hydrogens (tertiary/aromatic N) is 1. The number of amides is 1. The molecule has 8 heteroatoms. The first-order valence-corrected chi connectivity index (χ1v) is 10.2. The first-order valence-electron chi connectivity index (χ1n) is 8.77. The number of anilines is 1. The fourth-order valence-electron chi connectivity index (χ4n) is 2.37. The number of sulfonamides is 1. The van der Waals surface area contributed by atoms with Gasteiger partial charge in [-0.3, -0.25) is 4.79 Å². The van der Waals surface area contributed by atoms with Crippen LogP contribution in [-0.2, 0) is 21.4 Å². The van der Waals surface area contributed by atoms with Crippen molar-refractivity contribution >= 4 is 21.6 Å². The van der Waals surface area contributed by atoms with E-state index in [9.17, 15) is 13.2 Å². The summed E-state index contributed by atoms with van der Waals surface area (Å²) in [6.07, 6.45) is 0.126. The van der Waals surface area contributed by atoms with Crippen molar-refractivity contribution in [2.24, 2.45) is 0 Å². The van der Waals surface area contributed by atoms with E-state index in [1.54, 1.807) is 12.1 Å². The second-order valence-corrected chi connectivity index (χ2v) is 8.81. The van der Waals surface area contributed by atoms with Crippen LogP contribution in [0, 0.1) is 0 Å². The third-order valence-corrected chi connectivity index (χ3v) is 5.81. The first-order chi connectivity index (χ1) is 13.1. The Hall–Kier alpha value is -2.42. The van der Waals surface area contributed by atoms with E-state index >= 15 is 0 Å². The Kier molecular flexibility index (Phi) is 7.17. The van der Waals surface area contributed by atoms with Gasteiger partial charge in [0.2, 0.25) is 10.0 Å². The standard InChI is InChI=1S/C20H26N2O5S/c1-14(2)27-13-15-6-8-16(9-7-15)20(23)21-18-12-17(10-11-19(18)26-5)28(24,25)22(3)4/h6-12,14H,13H2,1-5H3,(H,21,23). The van der Waals surface area contributed by atoms with Gasteiger partial charge in [-0.1, -0.05) is 12.1 Å². The molecular weight excluding hydrogens is 380 g/mol. The maximum Gasteiger partial charge on any atom is 0.255 e. The molecule has 0 saturated carbocycles. The molecule has 0 bridgehead atoms. The molecule has 0 radical (unpaired) electrons. The Balaban J connectivity index is 2.23. The van der Waals surface area contributed by atoms with Crippen molar-refractivity contribution in [1.29, 1.82) is 0 Å². The van der Waals surface area contributed by atoms with Crippen molar-refractivity contribution < 1.29 is 22.7 Å². The summed E-state index contributed by atoms with van der Waals surface area (Å²) >= 11 is 0. The average Bonchev–Trinajstić information content (AvgIpc) is 2.66. The summed E-state index contributed by atoms with van der Waals surface area (Å²) in [7, 11) is 0.715. The molecule has 2 rings (SSSR count). The van der Waals surface area contributed by atoms with Gasteiger partial charge in [0.25, 0.3) is 5.91 Å². The molecule has 0 aliphatic rings. The first kappa shape index (κ1) is 21.9. The topological polar surface area (TPSA) is 84.9 Å². The molecule has 1 N–H and O–H groups in total. The van der Waals surface area contributed by atoms with E-state index in [1.807, 2.05) is 26.0 Å². The van der Waals surface area contributed by atoms with E-state index in [2.05, 4.69) is 5.32 Å². The second kappa shape index (κ2) is 9.18. The molecule has 7 nitrogen and oxygen atoms in total. The third-order valence-electron chi connectivity index (χ3n) is 4.00. The molecule has 0 saturated heterocycles. The van der Waals surface area contributed by atoms with Gasteiger partial charge in [-0.25, -0.2) is 12.7 Å². The number of rotatable bonds is 8. The van der Waals surface area contributed by atoms with Crippen molar-refractivity contribution in [2.75, 3.05) is 26.5 Å². The van der Waals surface area contributed by atoms with Gasteiger partial charge in [0, 0.05) is 19.7 Å². The molecule has 152 valence electrons. The number of carbonyl (C=O) groups excluding carboxylic acids is 1.